The van der Waals surface area contributed by atoms with E-state index >= 15 is 0 Å². The number of likely N-dealkylation sites (tertiary alicyclic amines) is 1. The molecular formula is C18H24N2O5. The summed E-state index contributed by atoms with van der Waals surface area (Å²) in [5.41, 5.74) is 1.08. The molecule has 1 aromatic rings. The second-order valence-electron chi connectivity index (χ2n) is 6.25. The minimum absolute atomic E-state index is 0.0176. The zero-order valence-corrected chi connectivity index (χ0v) is 14.5. The van der Waals surface area contributed by atoms with Gasteiger partial charge in [0.2, 0.25) is 11.8 Å². The number of ether oxygens (including phenoxy) is 3. The Morgan fingerprint density at radius 2 is 2.12 bits per heavy atom. The lowest BCUT2D eigenvalue weighted by molar-refractivity contribution is -0.129. The summed E-state index contributed by atoms with van der Waals surface area (Å²) in [4.78, 5) is 25.8. The van der Waals surface area contributed by atoms with Crippen LogP contribution >= 0.6 is 0 Å². The third-order valence-corrected chi connectivity index (χ3v) is 4.47. The Hall–Kier alpha value is -2.28. The molecule has 136 valence electrons. The van der Waals surface area contributed by atoms with E-state index in [-0.39, 0.29) is 24.2 Å². The van der Waals surface area contributed by atoms with Gasteiger partial charge < -0.3 is 24.4 Å². The summed E-state index contributed by atoms with van der Waals surface area (Å²) >= 11 is 0. The summed E-state index contributed by atoms with van der Waals surface area (Å²) in [6, 6.07) is 5.83. The summed E-state index contributed by atoms with van der Waals surface area (Å²) < 4.78 is 16.0. The van der Waals surface area contributed by atoms with Crippen molar-refractivity contribution >= 4 is 11.8 Å². The third-order valence-electron chi connectivity index (χ3n) is 4.47. The van der Waals surface area contributed by atoms with Crippen LogP contribution in [0.25, 0.3) is 0 Å². The van der Waals surface area contributed by atoms with E-state index in [9.17, 15) is 9.59 Å². The molecule has 1 atom stereocenters. The van der Waals surface area contributed by atoms with Crippen LogP contribution in [0.3, 0.4) is 0 Å². The van der Waals surface area contributed by atoms with Gasteiger partial charge in [-0.15, -0.1) is 0 Å². The highest BCUT2D eigenvalue weighted by atomic mass is 16.6. The molecule has 0 aliphatic carbocycles. The van der Waals surface area contributed by atoms with Crippen LogP contribution in [0.4, 0.5) is 0 Å². The van der Waals surface area contributed by atoms with Gasteiger partial charge in [-0.25, -0.2) is 0 Å². The van der Waals surface area contributed by atoms with E-state index in [1.165, 1.54) is 0 Å². The van der Waals surface area contributed by atoms with Crippen LogP contribution < -0.4 is 14.8 Å². The largest absolute Gasteiger partial charge is 0.486 e. The maximum atomic E-state index is 12.3. The number of hydrogen-bond donors (Lipinski definition) is 1. The molecule has 2 amide bonds. The number of rotatable bonds is 7. The van der Waals surface area contributed by atoms with Gasteiger partial charge in [0.05, 0.1) is 12.5 Å². The molecule has 2 heterocycles. The van der Waals surface area contributed by atoms with Gasteiger partial charge in [-0.1, -0.05) is 6.07 Å². The van der Waals surface area contributed by atoms with Gasteiger partial charge in [0.15, 0.2) is 11.5 Å². The van der Waals surface area contributed by atoms with Crippen molar-refractivity contribution < 1.29 is 23.8 Å². The number of carbonyl (C=O) groups excluding carboxylic acids is 2. The van der Waals surface area contributed by atoms with Gasteiger partial charge in [-0.05, 0) is 24.1 Å². The lowest BCUT2D eigenvalue weighted by Gasteiger charge is -2.19. The molecule has 1 saturated heterocycles. The van der Waals surface area contributed by atoms with Gasteiger partial charge in [0.1, 0.15) is 13.2 Å². The average Bonchev–Trinajstić information content (AvgIpc) is 3.00. The Morgan fingerprint density at radius 3 is 2.92 bits per heavy atom. The second-order valence-corrected chi connectivity index (χ2v) is 6.25. The van der Waals surface area contributed by atoms with E-state index in [2.05, 4.69) is 5.32 Å². The molecule has 2 aliphatic rings. The molecular weight excluding hydrogens is 324 g/mol. The molecule has 0 bridgehead atoms. The molecule has 2 aliphatic heterocycles. The number of benzene rings is 1. The standard InChI is InChI=1S/C18H24N2O5/c1-23-7-6-20-12-14(11-17(20)21)18(22)19-5-4-13-2-3-15-16(10-13)25-9-8-24-15/h2-3,10,14H,4-9,11-12H2,1H3,(H,19,22)/t14-/m0/s1. The highest BCUT2D eigenvalue weighted by molar-refractivity contribution is 5.89. The van der Waals surface area contributed by atoms with Crippen molar-refractivity contribution in [1.29, 1.82) is 0 Å². The molecule has 7 nitrogen and oxygen atoms in total. The molecule has 0 radical (unpaired) electrons. The summed E-state index contributed by atoms with van der Waals surface area (Å²) in [7, 11) is 1.60. The Morgan fingerprint density at radius 1 is 1.32 bits per heavy atom. The maximum absolute atomic E-state index is 12.3. The fraction of sp³-hybridized carbons (Fsp3) is 0.556. The number of amides is 2. The fourth-order valence-corrected chi connectivity index (χ4v) is 3.08. The summed E-state index contributed by atoms with van der Waals surface area (Å²) in [5.74, 6) is 1.20. The molecule has 25 heavy (non-hydrogen) atoms. The van der Waals surface area contributed by atoms with Crippen LogP contribution in [-0.2, 0) is 20.7 Å². The van der Waals surface area contributed by atoms with E-state index in [1.807, 2.05) is 18.2 Å². The number of methoxy groups -OCH3 is 1. The van der Waals surface area contributed by atoms with Crippen molar-refractivity contribution in [2.45, 2.75) is 12.8 Å². The molecule has 1 fully saturated rings. The Bertz CT molecular complexity index is 634. The third kappa shape index (κ3) is 4.42. The minimum atomic E-state index is -0.273. The van der Waals surface area contributed by atoms with Crippen molar-refractivity contribution in [3.63, 3.8) is 0 Å². The average molecular weight is 348 g/mol. The van der Waals surface area contributed by atoms with Crippen molar-refractivity contribution in [1.82, 2.24) is 10.2 Å². The number of carbonyl (C=O) groups is 2. The molecule has 0 spiro atoms. The van der Waals surface area contributed by atoms with Crippen LogP contribution in [-0.4, -0.2) is 63.3 Å². The lowest BCUT2D eigenvalue weighted by atomic mass is 10.1. The molecule has 7 heteroatoms. The van der Waals surface area contributed by atoms with Crippen molar-refractivity contribution in [3.8, 4) is 11.5 Å². The normalized spacial score (nSPS) is 19.2. The Balaban J connectivity index is 1.44. The smallest absolute Gasteiger partial charge is 0.225 e. The maximum Gasteiger partial charge on any atom is 0.225 e. The zero-order chi connectivity index (χ0) is 17.6. The SMILES string of the molecule is COCCN1C[C@@H](C(=O)NCCc2ccc3c(c2)OCCO3)CC1=O. The predicted molar refractivity (Wildman–Crippen MR) is 90.7 cm³/mol. The number of nitrogens with one attached hydrogen (secondary N) is 1. The van der Waals surface area contributed by atoms with E-state index in [0.29, 0.717) is 45.9 Å². The van der Waals surface area contributed by atoms with E-state index < -0.39 is 0 Å². The van der Waals surface area contributed by atoms with Crippen LogP contribution in [0.5, 0.6) is 11.5 Å². The van der Waals surface area contributed by atoms with E-state index in [4.69, 9.17) is 14.2 Å². The summed E-state index contributed by atoms with van der Waals surface area (Å²) in [6.45, 7) is 3.16. The van der Waals surface area contributed by atoms with E-state index in [1.54, 1.807) is 12.0 Å². The fourth-order valence-electron chi connectivity index (χ4n) is 3.08. The monoisotopic (exact) mass is 348 g/mol. The van der Waals surface area contributed by atoms with Crippen molar-refractivity contribution in [2.24, 2.45) is 5.92 Å². The quantitative estimate of drug-likeness (QED) is 0.781. The second kappa shape index (κ2) is 8.20. The molecule has 0 unspecified atom stereocenters. The minimum Gasteiger partial charge on any atom is -0.486 e. The molecule has 3 rings (SSSR count). The predicted octanol–water partition coefficient (Wildman–Crippen LogP) is 0.611. The van der Waals surface area contributed by atoms with E-state index in [0.717, 1.165) is 17.1 Å². The van der Waals surface area contributed by atoms with Crippen molar-refractivity contribution in [3.05, 3.63) is 23.8 Å². The number of hydrogen-bond acceptors (Lipinski definition) is 5. The van der Waals surface area contributed by atoms with Crippen LogP contribution in [0, 0.1) is 5.92 Å². The molecule has 1 aromatic carbocycles. The first-order valence-electron chi connectivity index (χ1n) is 8.60. The van der Waals surface area contributed by atoms with Crippen molar-refractivity contribution in [2.75, 3.05) is 46.6 Å². The first-order chi connectivity index (χ1) is 12.2. The first kappa shape index (κ1) is 17.5. The highest BCUT2D eigenvalue weighted by Crippen LogP contribution is 2.30. The van der Waals surface area contributed by atoms with Gasteiger partial charge >= 0.3 is 0 Å². The number of fused-ring (bicyclic) bond motifs is 1. The zero-order valence-electron chi connectivity index (χ0n) is 14.5. The molecule has 0 aromatic heterocycles. The highest BCUT2D eigenvalue weighted by Gasteiger charge is 2.33. The summed E-state index contributed by atoms with van der Waals surface area (Å²) in [5, 5.41) is 2.93. The van der Waals surface area contributed by atoms with Gasteiger partial charge in [0.25, 0.3) is 0 Å². The Labute approximate surface area is 147 Å². The topological polar surface area (TPSA) is 77.1 Å². The summed E-state index contributed by atoms with van der Waals surface area (Å²) in [6.07, 6.45) is 0.982. The van der Waals surface area contributed by atoms with Gasteiger partial charge in [-0.3, -0.25) is 9.59 Å². The van der Waals surface area contributed by atoms with Crippen LogP contribution in [0.2, 0.25) is 0 Å². The lowest BCUT2D eigenvalue weighted by Crippen LogP contribution is -2.34. The Kier molecular flexibility index (Phi) is 5.75. The van der Waals surface area contributed by atoms with Crippen LogP contribution in [0.15, 0.2) is 18.2 Å². The van der Waals surface area contributed by atoms with Gasteiger partial charge in [0, 0.05) is 33.2 Å². The molecule has 1 N–H and O–H groups in total. The first-order valence-corrected chi connectivity index (χ1v) is 8.60. The van der Waals surface area contributed by atoms with Gasteiger partial charge in [-0.2, -0.15) is 0 Å². The molecule has 0 saturated carbocycles. The number of nitrogens with zero attached hydrogens (tertiary/aromatic N) is 1. The van der Waals surface area contributed by atoms with Crippen LogP contribution in [0.1, 0.15) is 12.0 Å².